The normalized spacial score (nSPS) is 20.5. The maximum Gasteiger partial charge on any atom is 0.216 e. The second-order valence-electron chi connectivity index (χ2n) is 12.0. The summed E-state index contributed by atoms with van der Waals surface area (Å²) in [5.41, 5.74) is 7.01. The van der Waals surface area contributed by atoms with Crippen molar-refractivity contribution < 1.29 is 17.5 Å². The summed E-state index contributed by atoms with van der Waals surface area (Å²) in [6.45, 7) is 6.36. The molecule has 7 rings (SSSR count). The third-order valence-electron chi connectivity index (χ3n) is 9.07. The molecule has 2 nitrogen and oxygen atoms in total. The average Bonchev–Trinajstić information content (AvgIpc) is 3.55. The van der Waals surface area contributed by atoms with E-state index < -0.39 is 18.1 Å². The van der Waals surface area contributed by atoms with Crippen LogP contribution in [0, 0.1) is 12.7 Å². The second kappa shape index (κ2) is 9.05. The van der Waals surface area contributed by atoms with Gasteiger partial charge >= 0.3 is 0 Å². The lowest BCUT2D eigenvalue weighted by Crippen LogP contribution is -2.30. The minimum atomic E-state index is -1.66. The molecule has 2 aliphatic carbocycles. The van der Waals surface area contributed by atoms with Crippen LogP contribution < -0.4 is 4.57 Å². The fourth-order valence-electron chi connectivity index (χ4n) is 7.02. The molecule has 198 valence electrons. The predicted molar refractivity (Wildman–Crippen MR) is 158 cm³/mol. The van der Waals surface area contributed by atoms with Crippen LogP contribution in [-0.4, -0.2) is 0 Å². The molecule has 2 aliphatic rings. The van der Waals surface area contributed by atoms with Gasteiger partial charge in [-0.25, -0.2) is 8.96 Å². The first-order valence-corrected chi connectivity index (χ1v) is 14.2. The number of aryl methyl sites for hydroxylation is 2. The summed E-state index contributed by atoms with van der Waals surface area (Å²) in [6, 6.07) is 17.3. The van der Waals surface area contributed by atoms with E-state index in [2.05, 4.69) is 37.5 Å². The van der Waals surface area contributed by atoms with Gasteiger partial charge in [-0.05, 0) is 96.3 Å². The molecule has 1 saturated carbocycles. The molecule has 0 unspecified atom stereocenters. The van der Waals surface area contributed by atoms with Crippen molar-refractivity contribution in [3.05, 3.63) is 88.9 Å². The fourth-order valence-corrected chi connectivity index (χ4v) is 7.02. The lowest BCUT2D eigenvalue weighted by Gasteiger charge is -2.37. The Hall–Kier alpha value is -3.46. The summed E-state index contributed by atoms with van der Waals surface area (Å²) in [5.74, 6) is -1.17. The highest BCUT2D eigenvalue weighted by atomic mass is 19.1. The first-order valence-electron chi connectivity index (χ1n) is 15.7. The van der Waals surface area contributed by atoms with E-state index >= 15 is 4.39 Å². The summed E-state index contributed by atoms with van der Waals surface area (Å²) in [6.07, 6.45) is 4.90. The molecule has 3 heteroatoms. The summed E-state index contributed by atoms with van der Waals surface area (Å²) in [7, 11) is 2.00. The van der Waals surface area contributed by atoms with E-state index in [9.17, 15) is 4.11 Å². The van der Waals surface area contributed by atoms with Gasteiger partial charge in [-0.2, -0.15) is 0 Å². The predicted octanol–water partition coefficient (Wildman–Crippen LogP) is 9.46. The van der Waals surface area contributed by atoms with Gasteiger partial charge in [0, 0.05) is 27.0 Å². The number of aromatic nitrogens is 1. The largest absolute Gasteiger partial charge is 0.454 e. The van der Waals surface area contributed by atoms with Gasteiger partial charge in [0.05, 0.1) is 11.1 Å². The molecule has 0 aliphatic heterocycles. The van der Waals surface area contributed by atoms with Crippen LogP contribution in [0.25, 0.3) is 44.3 Å². The highest BCUT2D eigenvalue weighted by molar-refractivity contribution is 6.13. The maximum atomic E-state index is 16.2. The monoisotopic (exact) mass is 521 g/mol. The van der Waals surface area contributed by atoms with Crippen LogP contribution in [0.15, 0.2) is 65.2 Å². The topological polar surface area (TPSA) is 17.0 Å². The van der Waals surface area contributed by atoms with Crippen molar-refractivity contribution in [2.45, 2.75) is 77.0 Å². The Balaban J connectivity index is 1.58. The van der Waals surface area contributed by atoms with E-state index in [4.69, 9.17) is 4.42 Å². The van der Waals surface area contributed by atoms with Crippen molar-refractivity contribution in [3.63, 3.8) is 0 Å². The molecule has 0 atom stereocenters. The zero-order chi connectivity index (χ0) is 29.6. The number of furan rings is 1. The van der Waals surface area contributed by atoms with Crippen molar-refractivity contribution in [2.24, 2.45) is 7.05 Å². The lowest BCUT2D eigenvalue weighted by atomic mass is 9.67. The third-order valence-corrected chi connectivity index (χ3v) is 9.07. The second-order valence-corrected chi connectivity index (χ2v) is 12.0. The van der Waals surface area contributed by atoms with E-state index in [1.807, 2.05) is 43.6 Å². The van der Waals surface area contributed by atoms with Crippen molar-refractivity contribution in [1.29, 1.82) is 0 Å². The summed E-state index contributed by atoms with van der Waals surface area (Å²) in [5, 5.41) is 1.71. The van der Waals surface area contributed by atoms with Gasteiger partial charge in [0.1, 0.15) is 24.0 Å². The molecular formula is C36H37FNO+. The molecule has 0 saturated heterocycles. The minimum Gasteiger partial charge on any atom is -0.454 e. The summed E-state index contributed by atoms with van der Waals surface area (Å²) < 4.78 is 52.8. The quantitative estimate of drug-likeness (QED) is 0.216. The van der Waals surface area contributed by atoms with Gasteiger partial charge in [0.15, 0.2) is 6.20 Å². The van der Waals surface area contributed by atoms with Gasteiger partial charge in [-0.3, -0.25) is 0 Å². The minimum absolute atomic E-state index is 0.305. The number of rotatable bonds is 3. The Morgan fingerprint density at radius 2 is 1.69 bits per heavy atom. The zero-order valence-corrected chi connectivity index (χ0v) is 23.2. The highest BCUT2D eigenvalue weighted by Gasteiger charge is 2.35. The summed E-state index contributed by atoms with van der Waals surface area (Å²) >= 11 is 0. The van der Waals surface area contributed by atoms with Gasteiger partial charge in [0.2, 0.25) is 5.69 Å². The van der Waals surface area contributed by atoms with Crippen molar-refractivity contribution in [2.75, 3.05) is 0 Å². The van der Waals surface area contributed by atoms with Crippen LogP contribution in [0.1, 0.15) is 84.6 Å². The molecule has 39 heavy (non-hydrogen) atoms. The Morgan fingerprint density at radius 3 is 2.46 bits per heavy atom. The molecule has 0 amide bonds. The number of fused-ring (bicyclic) bond motifs is 4. The number of pyridine rings is 1. The SMILES string of the molecule is [2H]C1([2H])CCC(C)(C)c2c(C3([2H])CCCC3)ccc(-c3c(F)ccc4c3oc3c(-c5cccc[n+]5C)c(C)ccc34)c21. The molecule has 5 aromatic rings. The molecule has 0 N–H and O–H groups in total. The van der Waals surface area contributed by atoms with Gasteiger partial charge in [0.25, 0.3) is 0 Å². The summed E-state index contributed by atoms with van der Waals surface area (Å²) in [4.78, 5) is 0. The Labute approximate surface area is 234 Å². The van der Waals surface area contributed by atoms with E-state index in [0.717, 1.165) is 64.4 Å². The molecule has 1 fully saturated rings. The van der Waals surface area contributed by atoms with Crippen LogP contribution >= 0.6 is 0 Å². The third kappa shape index (κ3) is 3.77. The molecule has 0 spiro atoms. The van der Waals surface area contributed by atoms with E-state index in [1.165, 1.54) is 6.07 Å². The molecule has 0 radical (unpaired) electrons. The van der Waals surface area contributed by atoms with Crippen LogP contribution in [0.5, 0.6) is 0 Å². The van der Waals surface area contributed by atoms with Crippen LogP contribution in [-0.2, 0) is 18.8 Å². The molecule has 3 aromatic carbocycles. The van der Waals surface area contributed by atoms with Crippen molar-refractivity contribution >= 4 is 21.9 Å². The molecular weight excluding hydrogens is 481 g/mol. The Kier molecular flexibility index (Phi) is 4.96. The Bertz CT molecular complexity index is 1900. The fraction of sp³-hybridized carbons (Fsp3) is 0.361. The lowest BCUT2D eigenvalue weighted by molar-refractivity contribution is -0.660. The molecule has 2 aromatic heterocycles. The highest BCUT2D eigenvalue weighted by Crippen LogP contribution is 2.50. The van der Waals surface area contributed by atoms with Crippen molar-refractivity contribution in [1.82, 2.24) is 0 Å². The van der Waals surface area contributed by atoms with Crippen LogP contribution in [0.4, 0.5) is 4.39 Å². The van der Waals surface area contributed by atoms with E-state index in [-0.39, 0.29) is 5.41 Å². The van der Waals surface area contributed by atoms with Gasteiger partial charge in [-0.15, -0.1) is 0 Å². The smallest absolute Gasteiger partial charge is 0.216 e. The Morgan fingerprint density at radius 1 is 0.949 bits per heavy atom. The number of hydrogen-bond donors (Lipinski definition) is 0. The van der Waals surface area contributed by atoms with Crippen LogP contribution in [0.2, 0.25) is 0 Å². The maximum absolute atomic E-state index is 16.2. The average molecular weight is 522 g/mol. The number of hydrogen-bond acceptors (Lipinski definition) is 1. The number of benzene rings is 3. The van der Waals surface area contributed by atoms with E-state index in [0.29, 0.717) is 40.7 Å². The zero-order valence-electron chi connectivity index (χ0n) is 26.2. The van der Waals surface area contributed by atoms with Crippen LogP contribution in [0.3, 0.4) is 0 Å². The number of nitrogens with zero attached hydrogens (tertiary/aromatic N) is 1. The van der Waals surface area contributed by atoms with Gasteiger partial charge in [-0.1, -0.05) is 51.0 Å². The molecule has 2 heterocycles. The van der Waals surface area contributed by atoms with Gasteiger partial charge < -0.3 is 4.42 Å². The first-order chi connectivity index (χ1) is 19.9. The van der Waals surface area contributed by atoms with E-state index in [1.54, 1.807) is 6.07 Å². The standard InChI is InChI=1S/C36H37FNO/c1-22-14-15-27-28-18-19-29(37)32(35(28)39-34(27)31(22)30-13-7-8-21-38(30)4)25-17-16-24(23-10-5-6-11-23)33-26(25)12-9-20-36(33,2)3/h7-8,13-19,21,23H,5-6,9-12,20H2,1-4H3/q+1/i12D2,23D. The van der Waals surface area contributed by atoms with Crippen molar-refractivity contribution in [3.8, 4) is 22.4 Å². The molecule has 0 bridgehead atoms. The first kappa shape index (κ1) is 21.4. The number of halogens is 1.